The van der Waals surface area contributed by atoms with E-state index in [0.29, 0.717) is 5.25 Å². The Labute approximate surface area is 133 Å². The second-order valence-corrected chi connectivity index (χ2v) is 8.20. The number of hydrogen-bond donors (Lipinski definition) is 2. The third-order valence-electron chi connectivity index (χ3n) is 3.52. The number of rotatable bonds is 5. The summed E-state index contributed by atoms with van der Waals surface area (Å²) < 4.78 is 27.3. The standard InChI is InChI=1S/C13H16ClNO4S2/c1-20-9-3-2-8(6-9)15-21(18,19)10-4-5-12(14)11(7-10)13(16)17/h4-5,7-9,15H,2-3,6H2,1H3,(H,16,17). The van der Waals surface area contributed by atoms with Crippen molar-refractivity contribution in [2.24, 2.45) is 0 Å². The van der Waals surface area contributed by atoms with Gasteiger partial charge in [0.15, 0.2) is 0 Å². The molecule has 2 atom stereocenters. The second-order valence-electron chi connectivity index (χ2n) is 4.94. The van der Waals surface area contributed by atoms with Gasteiger partial charge in [0.25, 0.3) is 0 Å². The lowest BCUT2D eigenvalue weighted by molar-refractivity contribution is 0.0697. The first kappa shape index (κ1) is 16.6. The largest absolute Gasteiger partial charge is 0.478 e. The fraction of sp³-hybridized carbons (Fsp3) is 0.462. The molecule has 21 heavy (non-hydrogen) atoms. The number of carbonyl (C=O) groups is 1. The van der Waals surface area contributed by atoms with Crippen molar-refractivity contribution in [1.29, 1.82) is 0 Å². The molecule has 0 radical (unpaired) electrons. The van der Waals surface area contributed by atoms with Crippen molar-refractivity contribution in [2.75, 3.05) is 6.26 Å². The molecule has 1 aliphatic rings. The van der Waals surface area contributed by atoms with Gasteiger partial charge < -0.3 is 5.11 Å². The first-order valence-corrected chi connectivity index (χ1v) is 9.56. The average molecular weight is 350 g/mol. The summed E-state index contributed by atoms with van der Waals surface area (Å²) in [6.45, 7) is 0. The molecule has 2 rings (SSSR count). The highest BCUT2D eigenvalue weighted by Crippen LogP contribution is 2.29. The van der Waals surface area contributed by atoms with Gasteiger partial charge in [0, 0.05) is 11.3 Å². The Morgan fingerprint density at radius 2 is 2.14 bits per heavy atom. The summed E-state index contributed by atoms with van der Waals surface area (Å²) in [4.78, 5) is 11.0. The lowest BCUT2D eigenvalue weighted by atomic mass is 10.2. The Morgan fingerprint density at radius 3 is 2.71 bits per heavy atom. The van der Waals surface area contributed by atoms with Crippen LogP contribution in [-0.2, 0) is 10.0 Å². The van der Waals surface area contributed by atoms with Crippen molar-refractivity contribution < 1.29 is 18.3 Å². The number of halogens is 1. The first-order valence-electron chi connectivity index (χ1n) is 6.41. The van der Waals surface area contributed by atoms with E-state index in [1.165, 1.54) is 12.1 Å². The minimum Gasteiger partial charge on any atom is -0.478 e. The molecular weight excluding hydrogens is 334 g/mol. The third kappa shape index (κ3) is 3.91. The van der Waals surface area contributed by atoms with Gasteiger partial charge in [0.1, 0.15) is 0 Å². The van der Waals surface area contributed by atoms with Gasteiger partial charge in [-0.05, 0) is 43.7 Å². The van der Waals surface area contributed by atoms with Crippen molar-refractivity contribution in [3.63, 3.8) is 0 Å². The minimum absolute atomic E-state index is 0.0183. The van der Waals surface area contributed by atoms with E-state index in [1.54, 1.807) is 11.8 Å². The maximum Gasteiger partial charge on any atom is 0.337 e. The lowest BCUT2D eigenvalue weighted by Crippen LogP contribution is -2.33. The van der Waals surface area contributed by atoms with Crippen LogP contribution in [-0.4, -0.2) is 37.0 Å². The van der Waals surface area contributed by atoms with Gasteiger partial charge in [0.2, 0.25) is 10.0 Å². The molecule has 1 aromatic carbocycles. The van der Waals surface area contributed by atoms with E-state index >= 15 is 0 Å². The Hall–Kier alpha value is -0.760. The molecule has 0 heterocycles. The molecule has 5 nitrogen and oxygen atoms in total. The maximum atomic E-state index is 12.3. The summed E-state index contributed by atoms with van der Waals surface area (Å²) in [5.74, 6) is -1.25. The zero-order valence-corrected chi connectivity index (χ0v) is 13.8. The molecule has 0 saturated heterocycles. The SMILES string of the molecule is CSC1CCC(NS(=O)(=O)c2ccc(Cl)c(C(=O)O)c2)C1. The summed E-state index contributed by atoms with van der Waals surface area (Å²) in [6, 6.07) is 3.60. The maximum absolute atomic E-state index is 12.3. The second kappa shape index (κ2) is 6.56. The van der Waals surface area contributed by atoms with Crippen molar-refractivity contribution in [3.05, 3.63) is 28.8 Å². The van der Waals surface area contributed by atoms with Crippen molar-refractivity contribution in [2.45, 2.75) is 35.4 Å². The van der Waals surface area contributed by atoms with Crippen LogP contribution in [0.1, 0.15) is 29.6 Å². The normalized spacial score (nSPS) is 22.4. The van der Waals surface area contributed by atoms with Crippen LogP contribution < -0.4 is 4.72 Å². The minimum atomic E-state index is -3.73. The van der Waals surface area contributed by atoms with Crippen molar-refractivity contribution in [1.82, 2.24) is 4.72 Å². The van der Waals surface area contributed by atoms with Crippen LogP contribution in [0, 0.1) is 0 Å². The van der Waals surface area contributed by atoms with Gasteiger partial charge >= 0.3 is 5.97 Å². The zero-order chi connectivity index (χ0) is 15.6. The molecule has 1 aliphatic carbocycles. The average Bonchev–Trinajstić information content (AvgIpc) is 2.85. The van der Waals surface area contributed by atoms with Crippen LogP contribution in [0.5, 0.6) is 0 Å². The van der Waals surface area contributed by atoms with Crippen molar-refractivity contribution >= 4 is 39.4 Å². The number of benzene rings is 1. The molecule has 0 bridgehead atoms. The van der Waals surface area contributed by atoms with E-state index in [-0.39, 0.29) is 21.5 Å². The predicted molar refractivity (Wildman–Crippen MR) is 83.7 cm³/mol. The summed E-state index contributed by atoms with van der Waals surface area (Å²) in [5.41, 5.74) is -0.215. The van der Waals surface area contributed by atoms with E-state index in [2.05, 4.69) is 4.72 Å². The summed E-state index contributed by atoms with van der Waals surface area (Å²) in [5, 5.41) is 9.49. The topological polar surface area (TPSA) is 83.5 Å². The van der Waals surface area contributed by atoms with Crippen LogP contribution in [0.3, 0.4) is 0 Å². The van der Waals surface area contributed by atoms with E-state index in [0.717, 1.165) is 25.3 Å². The highest BCUT2D eigenvalue weighted by atomic mass is 35.5. The quantitative estimate of drug-likeness (QED) is 0.853. The molecule has 0 amide bonds. The Kier molecular flexibility index (Phi) is 5.19. The van der Waals surface area contributed by atoms with Crippen LogP contribution in [0.15, 0.2) is 23.1 Å². The molecule has 1 saturated carbocycles. The van der Waals surface area contributed by atoms with Gasteiger partial charge in [-0.15, -0.1) is 0 Å². The Balaban J connectivity index is 2.20. The van der Waals surface area contributed by atoms with Crippen LogP contribution >= 0.6 is 23.4 Å². The van der Waals surface area contributed by atoms with Crippen LogP contribution in [0.25, 0.3) is 0 Å². The molecule has 0 spiro atoms. The summed E-state index contributed by atoms with van der Waals surface area (Å²) in [7, 11) is -3.73. The Morgan fingerprint density at radius 1 is 1.43 bits per heavy atom. The van der Waals surface area contributed by atoms with E-state index in [4.69, 9.17) is 16.7 Å². The Bertz CT molecular complexity index is 648. The van der Waals surface area contributed by atoms with Gasteiger partial charge in [0.05, 0.1) is 15.5 Å². The van der Waals surface area contributed by atoms with E-state index in [9.17, 15) is 13.2 Å². The van der Waals surface area contributed by atoms with E-state index in [1.807, 2.05) is 6.26 Å². The van der Waals surface area contributed by atoms with Crippen LogP contribution in [0.4, 0.5) is 0 Å². The highest BCUT2D eigenvalue weighted by molar-refractivity contribution is 7.99. The van der Waals surface area contributed by atoms with Crippen LogP contribution in [0.2, 0.25) is 5.02 Å². The lowest BCUT2D eigenvalue weighted by Gasteiger charge is -2.14. The zero-order valence-electron chi connectivity index (χ0n) is 11.4. The number of thioether (sulfide) groups is 1. The van der Waals surface area contributed by atoms with Crippen molar-refractivity contribution in [3.8, 4) is 0 Å². The molecule has 8 heteroatoms. The van der Waals surface area contributed by atoms with Gasteiger partial charge in [-0.1, -0.05) is 11.6 Å². The van der Waals surface area contributed by atoms with Gasteiger partial charge in [-0.3, -0.25) is 0 Å². The molecular formula is C13H16ClNO4S2. The van der Waals surface area contributed by atoms with Gasteiger partial charge in [-0.25, -0.2) is 17.9 Å². The molecule has 2 N–H and O–H groups in total. The molecule has 2 unspecified atom stereocenters. The summed E-state index contributed by atoms with van der Waals surface area (Å²) in [6.07, 6.45) is 4.58. The smallest absolute Gasteiger partial charge is 0.337 e. The fourth-order valence-corrected chi connectivity index (χ4v) is 4.69. The molecule has 1 aromatic rings. The van der Waals surface area contributed by atoms with Gasteiger partial charge in [-0.2, -0.15) is 11.8 Å². The molecule has 0 aliphatic heterocycles. The monoisotopic (exact) mass is 349 g/mol. The number of sulfonamides is 1. The highest BCUT2D eigenvalue weighted by Gasteiger charge is 2.28. The summed E-state index contributed by atoms with van der Waals surface area (Å²) >= 11 is 7.49. The molecule has 0 aromatic heterocycles. The fourth-order valence-electron chi connectivity index (χ4n) is 2.38. The number of nitrogens with one attached hydrogen (secondary N) is 1. The van der Waals surface area contributed by atoms with E-state index < -0.39 is 16.0 Å². The predicted octanol–water partition coefficient (Wildman–Crippen LogP) is 2.60. The number of carboxylic acid groups (broad SMARTS) is 1. The molecule has 1 fully saturated rings. The number of carboxylic acids is 1. The third-order valence-corrected chi connectivity index (χ3v) is 6.46. The number of hydrogen-bond acceptors (Lipinski definition) is 4. The first-order chi connectivity index (χ1) is 9.83. The number of aromatic carboxylic acids is 1. The molecule has 116 valence electrons.